The predicted octanol–water partition coefficient (Wildman–Crippen LogP) is 1.53. The molecule has 0 radical (unpaired) electrons. The first-order chi connectivity index (χ1) is 7.76. The van der Waals surface area contributed by atoms with Gasteiger partial charge in [-0.1, -0.05) is 6.07 Å². The minimum atomic E-state index is -0.123. The van der Waals surface area contributed by atoms with Crippen LogP contribution in [0.15, 0.2) is 12.1 Å². The third-order valence-corrected chi connectivity index (χ3v) is 3.35. The Hall–Kier alpha value is -1.06. The molecule has 3 heteroatoms. The van der Waals surface area contributed by atoms with Crippen LogP contribution in [-0.2, 0) is 12.8 Å². The van der Waals surface area contributed by atoms with E-state index in [2.05, 4.69) is 12.1 Å². The maximum Gasteiger partial charge on any atom is 0.123 e. The normalized spacial score (nSPS) is 16.7. The van der Waals surface area contributed by atoms with E-state index in [1.807, 2.05) is 0 Å². The number of nitrogens with two attached hydrogens (primary N) is 2. The Balaban J connectivity index is 2.43. The molecule has 0 saturated heterocycles. The van der Waals surface area contributed by atoms with Gasteiger partial charge < -0.3 is 16.2 Å². The molecule has 1 atom stereocenters. The van der Waals surface area contributed by atoms with Crippen LogP contribution in [-0.4, -0.2) is 13.7 Å². The van der Waals surface area contributed by atoms with Crippen molar-refractivity contribution in [2.24, 2.45) is 11.5 Å². The van der Waals surface area contributed by atoms with Crippen molar-refractivity contribution >= 4 is 0 Å². The first-order valence-corrected chi connectivity index (χ1v) is 5.91. The van der Waals surface area contributed by atoms with E-state index in [9.17, 15) is 0 Å². The summed E-state index contributed by atoms with van der Waals surface area (Å²) in [7, 11) is 1.69. The second-order valence-electron chi connectivity index (χ2n) is 4.41. The van der Waals surface area contributed by atoms with Crippen molar-refractivity contribution in [1.29, 1.82) is 0 Å². The topological polar surface area (TPSA) is 61.3 Å². The number of fused-ring (bicyclic) bond motifs is 1. The fraction of sp³-hybridized carbons (Fsp3) is 0.538. The highest BCUT2D eigenvalue weighted by molar-refractivity contribution is 5.45. The summed E-state index contributed by atoms with van der Waals surface area (Å²) in [6, 6.07) is 4.20. The maximum atomic E-state index is 6.00. The van der Waals surface area contributed by atoms with Crippen molar-refractivity contribution in [3.05, 3.63) is 28.8 Å². The van der Waals surface area contributed by atoms with Gasteiger partial charge in [0.2, 0.25) is 0 Å². The van der Waals surface area contributed by atoms with E-state index in [-0.39, 0.29) is 6.04 Å². The van der Waals surface area contributed by atoms with Crippen LogP contribution in [0.1, 0.15) is 35.6 Å². The van der Waals surface area contributed by atoms with E-state index in [0.717, 1.165) is 24.2 Å². The van der Waals surface area contributed by atoms with Crippen molar-refractivity contribution in [2.45, 2.75) is 31.7 Å². The molecule has 1 aromatic carbocycles. The van der Waals surface area contributed by atoms with Gasteiger partial charge in [0.15, 0.2) is 0 Å². The molecule has 0 aromatic heterocycles. The second kappa shape index (κ2) is 4.85. The van der Waals surface area contributed by atoms with Crippen LogP contribution in [0.4, 0.5) is 0 Å². The average molecular weight is 220 g/mol. The van der Waals surface area contributed by atoms with Gasteiger partial charge in [0.05, 0.1) is 7.11 Å². The zero-order valence-corrected chi connectivity index (χ0v) is 9.83. The molecule has 4 N–H and O–H groups in total. The van der Waals surface area contributed by atoms with Crippen molar-refractivity contribution < 1.29 is 4.74 Å². The fourth-order valence-corrected chi connectivity index (χ4v) is 2.38. The standard InChI is InChI=1S/C13H20N2O/c1-16-13-7-10-5-3-2-4-9(10)6-11(13)12(15)8-14/h6-7,12H,2-5,8,14-15H2,1H3/t12-/m0/s1. The molecule has 0 amide bonds. The number of hydrogen-bond acceptors (Lipinski definition) is 3. The molecular weight excluding hydrogens is 200 g/mol. The van der Waals surface area contributed by atoms with Gasteiger partial charge in [0.1, 0.15) is 5.75 Å². The lowest BCUT2D eigenvalue weighted by atomic mass is 9.88. The first kappa shape index (κ1) is 11.4. The highest BCUT2D eigenvalue weighted by Gasteiger charge is 2.16. The van der Waals surface area contributed by atoms with Crippen LogP contribution in [0.2, 0.25) is 0 Å². The van der Waals surface area contributed by atoms with Gasteiger partial charge in [-0.15, -0.1) is 0 Å². The van der Waals surface area contributed by atoms with E-state index in [1.54, 1.807) is 7.11 Å². The lowest BCUT2D eigenvalue weighted by molar-refractivity contribution is 0.404. The molecule has 16 heavy (non-hydrogen) atoms. The summed E-state index contributed by atoms with van der Waals surface area (Å²) in [4.78, 5) is 0. The number of methoxy groups -OCH3 is 1. The van der Waals surface area contributed by atoms with Crippen LogP contribution in [0.25, 0.3) is 0 Å². The molecule has 88 valence electrons. The highest BCUT2D eigenvalue weighted by atomic mass is 16.5. The average Bonchev–Trinajstić information content (AvgIpc) is 2.36. The Morgan fingerprint density at radius 2 is 1.88 bits per heavy atom. The summed E-state index contributed by atoms with van der Waals surface area (Å²) in [6.07, 6.45) is 4.86. The van der Waals surface area contributed by atoms with Crippen LogP contribution in [0.5, 0.6) is 5.75 Å². The number of benzene rings is 1. The van der Waals surface area contributed by atoms with Gasteiger partial charge in [-0.05, 0) is 42.9 Å². The smallest absolute Gasteiger partial charge is 0.123 e. The van der Waals surface area contributed by atoms with Crippen LogP contribution >= 0.6 is 0 Å². The molecule has 0 heterocycles. The van der Waals surface area contributed by atoms with E-state index in [0.29, 0.717) is 6.54 Å². The molecule has 1 aliphatic rings. The Kier molecular flexibility index (Phi) is 3.46. The van der Waals surface area contributed by atoms with Crippen LogP contribution in [0, 0.1) is 0 Å². The minimum Gasteiger partial charge on any atom is -0.496 e. The molecule has 1 aliphatic carbocycles. The molecule has 0 bridgehead atoms. The summed E-state index contributed by atoms with van der Waals surface area (Å²) in [5, 5.41) is 0. The van der Waals surface area contributed by atoms with E-state index in [1.165, 1.54) is 24.0 Å². The lowest BCUT2D eigenvalue weighted by Crippen LogP contribution is -2.22. The first-order valence-electron chi connectivity index (χ1n) is 5.91. The lowest BCUT2D eigenvalue weighted by Gasteiger charge is -2.21. The van der Waals surface area contributed by atoms with E-state index in [4.69, 9.17) is 16.2 Å². The monoisotopic (exact) mass is 220 g/mol. The van der Waals surface area contributed by atoms with Crippen molar-refractivity contribution in [3.63, 3.8) is 0 Å². The Bertz CT molecular complexity index is 376. The second-order valence-corrected chi connectivity index (χ2v) is 4.41. The van der Waals surface area contributed by atoms with Gasteiger partial charge in [-0.25, -0.2) is 0 Å². The number of ether oxygens (including phenoxy) is 1. The summed E-state index contributed by atoms with van der Waals surface area (Å²) in [5.74, 6) is 0.888. The summed E-state index contributed by atoms with van der Waals surface area (Å²) >= 11 is 0. The minimum absolute atomic E-state index is 0.123. The van der Waals surface area contributed by atoms with Crippen LogP contribution < -0.4 is 16.2 Å². The molecule has 0 saturated carbocycles. The predicted molar refractivity (Wildman–Crippen MR) is 65.6 cm³/mol. The molecule has 2 rings (SSSR count). The molecule has 0 fully saturated rings. The number of rotatable bonds is 3. The Morgan fingerprint density at radius 3 is 2.44 bits per heavy atom. The van der Waals surface area contributed by atoms with Crippen LogP contribution in [0.3, 0.4) is 0 Å². The third-order valence-electron chi connectivity index (χ3n) is 3.35. The molecule has 3 nitrogen and oxygen atoms in total. The van der Waals surface area contributed by atoms with Crippen molar-refractivity contribution in [2.75, 3.05) is 13.7 Å². The molecular formula is C13H20N2O. The fourth-order valence-electron chi connectivity index (χ4n) is 2.38. The van der Waals surface area contributed by atoms with Gasteiger partial charge >= 0.3 is 0 Å². The van der Waals surface area contributed by atoms with Gasteiger partial charge in [-0.3, -0.25) is 0 Å². The third kappa shape index (κ3) is 2.06. The van der Waals surface area contributed by atoms with Gasteiger partial charge in [0.25, 0.3) is 0 Å². The molecule has 1 aromatic rings. The zero-order valence-electron chi connectivity index (χ0n) is 9.83. The van der Waals surface area contributed by atoms with Gasteiger partial charge in [-0.2, -0.15) is 0 Å². The highest BCUT2D eigenvalue weighted by Crippen LogP contribution is 2.31. The van der Waals surface area contributed by atoms with Gasteiger partial charge in [0, 0.05) is 18.2 Å². The SMILES string of the molecule is COc1cc2c(cc1[C@@H](N)CN)CCCC2. The Labute approximate surface area is 96.8 Å². The Morgan fingerprint density at radius 1 is 1.25 bits per heavy atom. The quantitative estimate of drug-likeness (QED) is 0.812. The van der Waals surface area contributed by atoms with E-state index < -0.39 is 0 Å². The zero-order chi connectivity index (χ0) is 11.5. The maximum absolute atomic E-state index is 6.00. The van der Waals surface area contributed by atoms with E-state index >= 15 is 0 Å². The summed E-state index contributed by atoms with van der Waals surface area (Å²) in [5.41, 5.74) is 15.5. The summed E-state index contributed by atoms with van der Waals surface area (Å²) in [6.45, 7) is 0.454. The number of aryl methyl sites for hydroxylation is 2. The molecule has 0 spiro atoms. The van der Waals surface area contributed by atoms with Crippen molar-refractivity contribution in [1.82, 2.24) is 0 Å². The van der Waals surface area contributed by atoms with Crippen molar-refractivity contribution in [3.8, 4) is 5.75 Å². The largest absolute Gasteiger partial charge is 0.496 e. The summed E-state index contributed by atoms with van der Waals surface area (Å²) < 4.78 is 5.40. The molecule has 0 aliphatic heterocycles. The number of hydrogen-bond donors (Lipinski definition) is 2. The molecule has 0 unspecified atom stereocenters.